The molecule has 1 fully saturated rings. The molecule has 1 aliphatic rings. The second-order valence-electron chi connectivity index (χ2n) is 6.69. The van der Waals surface area contributed by atoms with E-state index in [1.165, 1.54) is 41.7 Å². The second-order valence-corrected chi connectivity index (χ2v) is 9.04. The molecule has 1 heterocycles. The first-order chi connectivity index (χ1) is 13.8. The summed E-state index contributed by atoms with van der Waals surface area (Å²) in [5.74, 6) is -1.42. The third kappa shape index (κ3) is 4.77. The average Bonchev–Trinajstić information content (AvgIpc) is 2.75. The summed E-state index contributed by atoms with van der Waals surface area (Å²) < 4.78 is 31.7. The highest BCUT2D eigenvalue weighted by Crippen LogP contribution is 2.27. The van der Waals surface area contributed by atoms with Crippen LogP contribution in [0.2, 0.25) is 5.02 Å². The number of hydrogen-bond acceptors (Lipinski definition) is 5. The van der Waals surface area contributed by atoms with Gasteiger partial charge in [-0.2, -0.15) is 4.31 Å². The van der Waals surface area contributed by atoms with Gasteiger partial charge in [-0.3, -0.25) is 4.79 Å². The van der Waals surface area contributed by atoms with Crippen molar-refractivity contribution < 1.29 is 22.7 Å². The van der Waals surface area contributed by atoms with E-state index in [0.29, 0.717) is 19.4 Å². The zero-order chi connectivity index (χ0) is 21.0. The lowest BCUT2D eigenvalue weighted by Gasteiger charge is -2.31. The molecular weight excluding hydrogens is 416 g/mol. The zero-order valence-corrected chi connectivity index (χ0v) is 17.4. The monoisotopic (exact) mass is 436 g/mol. The molecule has 2 aromatic carbocycles. The number of ether oxygens (including phenoxy) is 1. The van der Waals surface area contributed by atoms with E-state index in [9.17, 15) is 18.0 Å². The Hall–Kier alpha value is -2.42. The van der Waals surface area contributed by atoms with E-state index in [1.807, 2.05) is 0 Å². The molecule has 0 radical (unpaired) electrons. The molecule has 1 aliphatic heterocycles. The lowest BCUT2D eigenvalue weighted by Crippen LogP contribution is -2.43. The van der Waals surface area contributed by atoms with Crippen molar-refractivity contribution in [2.45, 2.75) is 17.7 Å². The van der Waals surface area contributed by atoms with E-state index in [2.05, 4.69) is 10.1 Å². The van der Waals surface area contributed by atoms with Crippen LogP contribution in [0.15, 0.2) is 53.4 Å². The van der Waals surface area contributed by atoms with Gasteiger partial charge >= 0.3 is 5.97 Å². The smallest absolute Gasteiger partial charge is 0.337 e. The van der Waals surface area contributed by atoms with Crippen LogP contribution in [0.1, 0.15) is 23.2 Å². The Labute approximate surface area is 174 Å². The third-order valence-electron chi connectivity index (χ3n) is 4.78. The van der Waals surface area contributed by atoms with E-state index in [0.717, 1.165) is 0 Å². The number of esters is 1. The van der Waals surface area contributed by atoms with Gasteiger partial charge in [-0.05, 0) is 43.2 Å². The number of benzene rings is 2. The molecule has 29 heavy (non-hydrogen) atoms. The predicted molar refractivity (Wildman–Crippen MR) is 109 cm³/mol. The van der Waals surface area contributed by atoms with Crippen molar-refractivity contribution in [3.8, 4) is 0 Å². The number of amides is 1. The van der Waals surface area contributed by atoms with Crippen LogP contribution < -0.4 is 5.32 Å². The van der Waals surface area contributed by atoms with E-state index < -0.39 is 21.9 Å². The molecular formula is C20H21ClN2O5S. The van der Waals surface area contributed by atoms with Gasteiger partial charge in [0, 0.05) is 13.1 Å². The van der Waals surface area contributed by atoms with Crippen LogP contribution in [0.5, 0.6) is 0 Å². The molecule has 0 saturated carbocycles. The minimum absolute atomic E-state index is 0.0807. The molecule has 1 saturated heterocycles. The number of carbonyl (C=O) groups excluding carboxylic acids is 2. The molecule has 2 aromatic rings. The first-order valence-electron chi connectivity index (χ1n) is 9.07. The molecule has 0 bridgehead atoms. The highest BCUT2D eigenvalue weighted by molar-refractivity contribution is 7.89. The molecule has 3 rings (SSSR count). The van der Waals surface area contributed by atoms with Crippen LogP contribution in [0.25, 0.3) is 0 Å². The summed E-state index contributed by atoms with van der Waals surface area (Å²) in [7, 11) is -2.40. The molecule has 0 unspecified atom stereocenters. The first kappa shape index (κ1) is 21.3. The fourth-order valence-corrected chi connectivity index (χ4v) is 4.93. The van der Waals surface area contributed by atoms with Crippen molar-refractivity contribution in [3.63, 3.8) is 0 Å². The van der Waals surface area contributed by atoms with Crippen LogP contribution >= 0.6 is 11.6 Å². The van der Waals surface area contributed by atoms with E-state index >= 15 is 0 Å². The van der Waals surface area contributed by atoms with Gasteiger partial charge < -0.3 is 10.1 Å². The molecule has 0 spiro atoms. The van der Waals surface area contributed by atoms with E-state index in [4.69, 9.17) is 11.6 Å². The summed E-state index contributed by atoms with van der Waals surface area (Å²) in [5.41, 5.74) is 0.534. The Morgan fingerprint density at radius 3 is 2.59 bits per heavy atom. The number of rotatable bonds is 5. The van der Waals surface area contributed by atoms with Gasteiger partial charge in [0.1, 0.15) is 0 Å². The lowest BCUT2D eigenvalue weighted by atomic mass is 9.98. The fraction of sp³-hybridized carbons (Fsp3) is 0.300. The Balaban J connectivity index is 1.75. The summed E-state index contributed by atoms with van der Waals surface area (Å²) in [4.78, 5) is 24.7. The SMILES string of the molecule is COC(=O)c1ccc(Cl)c(NC(=O)[C@@H]2CCCN(S(=O)(=O)c3ccccc3)C2)c1. The maximum atomic E-state index is 12.8. The Kier molecular flexibility index (Phi) is 6.56. The van der Waals surface area contributed by atoms with Gasteiger partial charge in [0.15, 0.2) is 0 Å². The molecule has 154 valence electrons. The maximum absolute atomic E-state index is 12.8. The van der Waals surface area contributed by atoms with Gasteiger partial charge in [0.05, 0.1) is 34.2 Å². The van der Waals surface area contributed by atoms with Gasteiger partial charge in [0.25, 0.3) is 0 Å². The summed E-state index contributed by atoms with van der Waals surface area (Å²) in [6, 6.07) is 12.6. The van der Waals surface area contributed by atoms with Crippen molar-refractivity contribution >= 4 is 39.2 Å². The molecule has 9 heteroatoms. The quantitative estimate of drug-likeness (QED) is 0.726. The predicted octanol–water partition coefficient (Wildman–Crippen LogP) is 3.17. The fourth-order valence-electron chi connectivity index (χ4n) is 3.22. The summed E-state index contributed by atoms with van der Waals surface area (Å²) >= 11 is 6.14. The van der Waals surface area contributed by atoms with Crippen molar-refractivity contribution in [1.29, 1.82) is 0 Å². The summed E-state index contributed by atoms with van der Waals surface area (Å²) in [5, 5.41) is 2.98. The number of carbonyl (C=O) groups is 2. The van der Waals surface area contributed by atoms with Crippen LogP contribution in [-0.4, -0.2) is 44.8 Å². The number of methoxy groups -OCH3 is 1. The number of nitrogens with zero attached hydrogens (tertiary/aromatic N) is 1. The van der Waals surface area contributed by atoms with Gasteiger partial charge in [-0.15, -0.1) is 0 Å². The van der Waals surface area contributed by atoms with Crippen molar-refractivity contribution in [1.82, 2.24) is 4.31 Å². The van der Waals surface area contributed by atoms with Crippen LogP contribution in [0.4, 0.5) is 5.69 Å². The standard InChI is InChI=1S/C20H21ClN2O5S/c1-28-20(25)14-9-10-17(21)18(12-14)22-19(24)15-6-5-11-23(13-15)29(26,27)16-7-3-2-4-8-16/h2-4,7-10,12,15H,5-6,11,13H2,1H3,(H,22,24)/t15-/m1/s1. The molecule has 0 aliphatic carbocycles. The molecule has 7 nitrogen and oxygen atoms in total. The van der Waals surface area contributed by atoms with Crippen molar-refractivity contribution in [3.05, 3.63) is 59.1 Å². The van der Waals surface area contributed by atoms with Gasteiger partial charge in [0.2, 0.25) is 15.9 Å². The number of anilines is 1. The second kappa shape index (κ2) is 8.94. The first-order valence-corrected chi connectivity index (χ1v) is 10.9. The lowest BCUT2D eigenvalue weighted by molar-refractivity contribution is -0.120. The van der Waals surface area contributed by atoms with Gasteiger partial charge in [-0.1, -0.05) is 29.8 Å². The third-order valence-corrected chi connectivity index (χ3v) is 6.99. The normalized spacial score (nSPS) is 17.5. The number of sulfonamides is 1. The van der Waals surface area contributed by atoms with Crippen molar-refractivity contribution in [2.24, 2.45) is 5.92 Å². The maximum Gasteiger partial charge on any atom is 0.337 e. The minimum Gasteiger partial charge on any atom is -0.465 e. The molecule has 1 atom stereocenters. The van der Waals surface area contributed by atoms with Crippen LogP contribution in [-0.2, 0) is 19.6 Å². The number of piperidine rings is 1. The average molecular weight is 437 g/mol. The van der Waals surface area contributed by atoms with Crippen molar-refractivity contribution in [2.75, 3.05) is 25.5 Å². The molecule has 0 aromatic heterocycles. The number of hydrogen-bond donors (Lipinski definition) is 1. The minimum atomic E-state index is -3.66. The summed E-state index contributed by atoms with van der Waals surface area (Å²) in [6.07, 6.45) is 1.13. The van der Waals surface area contributed by atoms with E-state index in [1.54, 1.807) is 18.2 Å². The highest BCUT2D eigenvalue weighted by atomic mass is 35.5. The Morgan fingerprint density at radius 2 is 1.90 bits per heavy atom. The van der Waals surface area contributed by atoms with E-state index in [-0.39, 0.29) is 33.6 Å². The summed E-state index contributed by atoms with van der Waals surface area (Å²) in [6.45, 7) is 0.441. The molecule has 1 amide bonds. The number of halogens is 1. The zero-order valence-electron chi connectivity index (χ0n) is 15.8. The Bertz CT molecular complexity index is 1010. The Morgan fingerprint density at radius 1 is 1.17 bits per heavy atom. The van der Waals surface area contributed by atoms with Crippen LogP contribution in [0.3, 0.4) is 0 Å². The molecule has 1 N–H and O–H groups in total. The topological polar surface area (TPSA) is 92.8 Å². The highest BCUT2D eigenvalue weighted by Gasteiger charge is 2.33. The van der Waals surface area contributed by atoms with Crippen LogP contribution in [0, 0.1) is 5.92 Å². The largest absolute Gasteiger partial charge is 0.465 e. The van der Waals surface area contributed by atoms with Gasteiger partial charge in [-0.25, -0.2) is 13.2 Å². The number of nitrogens with one attached hydrogen (secondary N) is 1.